The van der Waals surface area contributed by atoms with E-state index in [0.717, 1.165) is 0 Å². The number of hydrogen-bond acceptors (Lipinski definition) is 3. The van der Waals surface area contributed by atoms with Crippen LogP contribution in [0, 0.1) is 0 Å². The van der Waals surface area contributed by atoms with E-state index < -0.39 is 17.7 Å². The number of rotatable bonds is 4. The van der Waals surface area contributed by atoms with Gasteiger partial charge in [-0.15, -0.1) is 0 Å². The molecule has 0 aliphatic rings. The predicted octanol–water partition coefficient (Wildman–Crippen LogP) is 1.05. The molecule has 0 aliphatic carbocycles. The maximum Gasteiger partial charge on any atom is 0.302 e. The zero-order valence-electron chi connectivity index (χ0n) is 7.63. The topological polar surface area (TPSA) is 46.5 Å². The molecule has 0 spiro atoms. The van der Waals surface area contributed by atoms with Gasteiger partial charge in [0.1, 0.15) is 6.17 Å². The Hall–Kier alpha value is -0.640. The second-order valence-electron chi connectivity index (χ2n) is 3.25. The van der Waals surface area contributed by atoms with Gasteiger partial charge in [0.15, 0.2) is 0 Å². The van der Waals surface area contributed by atoms with E-state index in [9.17, 15) is 9.18 Å². The highest BCUT2D eigenvalue weighted by Crippen LogP contribution is 2.15. The van der Waals surface area contributed by atoms with Crippen molar-refractivity contribution in [3.8, 4) is 0 Å². The Morgan fingerprint density at radius 2 is 2.17 bits per heavy atom. The molecular weight excluding hydrogens is 163 g/mol. The SMILES string of the molecule is CC(=O)OCC[C@H](F)C(C)(C)O. The largest absolute Gasteiger partial charge is 0.466 e. The molecular formula is C8H15FO3. The van der Waals surface area contributed by atoms with Gasteiger partial charge in [0.2, 0.25) is 0 Å². The Kier molecular flexibility index (Phi) is 4.17. The van der Waals surface area contributed by atoms with E-state index in [2.05, 4.69) is 4.74 Å². The summed E-state index contributed by atoms with van der Waals surface area (Å²) in [6, 6.07) is 0. The molecule has 0 saturated heterocycles. The molecule has 0 bridgehead atoms. The molecule has 3 nitrogen and oxygen atoms in total. The molecule has 0 heterocycles. The van der Waals surface area contributed by atoms with Crippen molar-refractivity contribution < 1.29 is 19.0 Å². The minimum atomic E-state index is -1.36. The van der Waals surface area contributed by atoms with E-state index in [1.54, 1.807) is 0 Å². The van der Waals surface area contributed by atoms with Crippen molar-refractivity contribution in [1.29, 1.82) is 0 Å². The van der Waals surface area contributed by atoms with Gasteiger partial charge in [-0.1, -0.05) is 0 Å². The lowest BCUT2D eigenvalue weighted by Crippen LogP contribution is -2.33. The second kappa shape index (κ2) is 4.40. The average Bonchev–Trinajstić information content (AvgIpc) is 1.84. The molecule has 4 heteroatoms. The molecule has 0 aliphatic heterocycles. The monoisotopic (exact) mass is 178 g/mol. The first kappa shape index (κ1) is 11.4. The number of halogens is 1. The lowest BCUT2D eigenvalue weighted by Gasteiger charge is -2.21. The van der Waals surface area contributed by atoms with Crippen molar-refractivity contribution in [3.05, 3.63) is 0 Å². The Morgan fingerprint density at radius 1 is 1.67 bits per heavy atom. The number of carbonyl (C=O) groups is 1. The number of carbonyl (C=O) groups excluding carboxylic acids is 1. The predicted molar refractivity (Wildman–Crippen MR) is 42.4 cm³/mol. The summed E-state index contributed by atoms with van der Waals surface area (Å²) in [7, 11) is 0. The summed E-state index contributed by atoms with van der Waals surface area (Å²) in [5.74, 6) is -0.432. The van der Waals surface area contributed by atoms with Crippen molar-refractivity contribution in [2.45, 2.75) is 39.0 Å². The molecule has 0 aromatic heterocycles. The van der Waals surface area contributed by atoms with Crippen LogP contribution >= 0.6 is 0 Å². The quantitative estimate of drug-likeness (QED) is 0.654. The Morgan fingerprint density at radius 3 is 2.50 bits per heavy atom. The Labute approximate surface area is 71.5 Å². The van der Waals surface area contributed by atoms with E-state index >= 15 is 0 Å². The molecule has 0 rings (SSSR count). The first-order valence-electron chi connectivity index (χ1n) is 3.84. The maximum atomic E-state index is 12.9. The van der Waals surface area contributed by atoms with E-state index in [4.69, 9.17) is 5.11 Å². The van der Waals surface area contributed by atoms with Crippen LogP contribution in [0.3, 0.4) is 0 Å². The molecule has 1 atom stereocenters. The van der Waals surface area contributed by atoms with Gasteiger partial charge in [0.25, 0.3) is 0 Å². The van der Waals surface area contributed by atoms with Crippen molar-refractivity contribution in [2.24, 2.45) is 0 Å². The van der Waals surface area contributed by atoms with Gasteiger partial charge < -0.3 is 9.84 Å². The minimum absolute atomic E-state index is 0.0144. The van der Waals surface area contributed by atoms with E-state index in [1.807, 2.05) is 0 Å². The summed E-state index contributed by atoms with van der Waals surface area (Å²) in [5.41, 5.74) is -1.36. The van der Waals surface area contributed by atoms with Gasteiger partial charge in [-0.25, -0.2) is 4.39 Å². The lowest BCUT2D eigenvalue weighted by molar-refractivity contribution is -0.142. The summed E-state index contributed by atoms with van der Waals surface area (Å²) < 4.78 is 17.4. The molecule has 0 aromatic rings. The van der Waals surface area contributed by atoms with Gasteiger partial charge in [-0.05, 0) is 13.8 Å². The van der Waals surface area contributed by atoms with E-state index in [0.29, 0.717) is 0 Å². The number of alkyl halides is 1. The van der Waals surface area contributed by atoms with Crippen molar-refractivity contribution in [3.63, 3.8) is 0 Å². The lowest BCUT2D eigenvalue weighted by atomic mass is 10.0. The van der Waals surface area contributed by atoms with Crippen LogP contribution in [0.1, 0.15) is 27.2 Å². The van der Waals surface area contributed by atoms with E-state index in [-0.39, 0.29) is 13.0 Å². The molecule has 0 fully saturated rings. The number of hydrogen-bond donors (Lipinski definition) is 1. The zero-order chi connectivity index (χ0) is 9.78. The Bertz CT molecular complexity index is 151. The van der Waals surface area contributed by atoms with Crippen LogP contribution in [0.4, 0.5) is 4.39 Å². The zero-order valence-corrected chi connectivity index (χ0v) is 7.63. The van der Waals surface area contributed by atoms with Crippen molar-refractivity contribution >= 4 is 5.97 Å². The maximum absolute atomic E-state index is 12.9. The average molecular weight is 178 g/mol. The van der Waals surface area contributed by atoms with Gasteiger partial charge >= 0.3 is 5.97 Å². The third-order valence-corrected chi connectivity index (χ3v) is 1.44. The van der Waals surface area contributed by atoms with E-state index in [1.165, 1.54) is 20.8 Å². The molecule has 0 aromatic carbocycles. The summed E-state index contributed by atoms with van der Waals surface area (Å²) >= 11 is 0. The van der Waals surface area contributed by atoms with Crippen LogP contribution < -0.4 is 0 Å². The molecule has 0 amide bonds. The first-order valence-corrected chi connectivity index (χ1v) is 3.84. The van der Waals surface area contributed by atoms with Gasteiger partial charge in [-0.3, -0.25) is 4.79 Å². The van der Waals surface area contributed by atoms with Gasteiger partial charge in [0.05, 0.1) is 12.2 Å². The minimum Gasteiger partial charge on any atom is -0.466 e. The molecule has 0 radical (unpaired) electrons. The normalized spacial score (nSPS) is 14.1. The van der Waals surface area contributed by atoms with Crippen LogP contribution in [-0.4, -0.2) is 29.5 Å². The molecule has 12 heavy (non-hydrogen) atoms. The highest BCUT2D eigenvalue weighted by atomic mass is 19.1. The molecule has 0 saturated carbocycles. The molecule has 72 valence electrons. The van der Waals surface area contributed by atoms with Crippen LogP contribution in [0.5, 0.6) is 0 Å². The van der Waals surface area contributed by atoms with Crippen LogP contribution in [0.15, 0.2) is 0 Å². The summed E-state index contributed by atoms with van der Waals surface area (Å²) in [4.78, 5) is 10.3. The highest BCUT2D eigenvalue weighted by Gasteiger charge is 2.26. The fraction of sp³-hybridized carbons (Fsp3) is 0.875. The van der Waals surface area contributed by atoms with Crippen molar-refractivity contribution in [1.82, 2.24) is 0 Å². The van der Waals surface area contributed by atoms with Crippen LogP contribution in [0.25, 0.3) is 0 Å². The number of esters is 1. The highest BCUT2D eigenvalue weighted by molar-refractivity contribution is 5.65. The summed E-state index contributed by atoms with van der Waals surface area (Å²) in [6.07, 6.45) is -1.33. The fourth-order valence-electron chi connectivity index (χ4n) is 0.659. The van der Waals surface area contributed by atoms with Crippen LogP contribution in [-0.2, 0) is 9.53 Å². The van der Waals surface area contributed by atoms with Gasteiger partial charge in [0, 0.05) is 13.3 Å². The second-order valence-corrected chi connectivity index (χ2v) is 3.25. The fourth-order valence-corrected chi connectivity index (χ4v) is 0.659. The van der Waals surface area contributed by atoms with Crippen LogP contribution in [0.2, 0.25) is 0 Å². The summed E-state index contributed by atoms with van der Waals surface area (Å²) in [5, 5.41) is 9.14. The standard InChI is InChI=1S/C8H15FO3/c1-6(10)12-5-4-7(9)8(2,3)11/h7,11H,4-5H2,1-3H3/t7-/m0/s1. The van der Waals surface area contributed by atoms with Gasteiger partial charge in [-0.2, -0.15) is 0 Å². The number of ether oxygens (including phenoxy) is 1. The first-order chi connectivity index (χ1) is 5.34. The molecule has 0 unspecified atom stereocenters. The third-order valence-electron chi connectivity index (χ3n) is 1.44. The summed E-state index contributed by atoms with van der Waals surface area (Å²) in [6.45, 7) is 4.04. The smallest absolute Gasteiger partial charge is 0.302 e. The molecule has 1 N–H and O–H groups in total. The number of aliphatic hydroxyl groups is 1. The Balaban J connectivity index is 3.58. The van der Waals surface area contributed by atoms with Crippen molar-refractivity contribution in [2.75, 3.05) is 6.61 Å². The third kappa shape index (κ3) is 5.07.